The molecule has 1 aliphatic rings. The molecule has 1 heterocycles. The van der Waals surface area contributed by atoms with Crippen molar-refractivity contribution < 1.29 is 9.90 Å². The lowest BCUT2D eigenvalue weighted by atomic mass is 9.76. The van der Waals surface area contributed by atoms with Gasteiger partial charge in [-0.2, -0.15) is 0 Å². The molecule has 0 aromatic rings. The zero-order valence-electron chi connectivity index (χ0n) is 12.6. The maximum atomic E-state index is 11.6. The molecule has 3 heteroatoms. The van der Waals surface area contributed by atoms with Crippen LogP contribution in [0.2, 0.25) is 0 Å². The Hall–Kier alpha value is -0.570. The molecular weight excluding hydrogens is 226 g/mol. The van der Waals surface area contributed by atoms with Gasteiger partial charge in [-0.1, -0.05) is 27.7 Å². The molecule has 1 aliphatic heterocycles. The molecule has 0 bridgehead atoms. The summed E-state index contributed by atoms with van der Waals surface area (Å²) in [5.74, 6) is 0.317. The number of hydrogen-bond donors (Lipinski definition) is 1. The average Bonchev–Trinajstić information content (AvgIpc) is 2.71. The third-order valence-electron chi connectivity index (χ3n) is 4.65. The molecule has 2 atom stereocenters. The minimum absolute atomic E-state index is 0.206. The molecule has 0 radical (unpaired) electrons. The van der Waals surface area contributed by atoms with Crippen LogP contribution in [-0.4, -0.2) is 35.1 Å². The first-order valence-electron chi connectivity index (χ1n) is 7.27. The van der Waals surface area contributed by atoms with Crippen LogP contribution in [0.1, 0.15) is 53.9 Å². The summed E-state index contributed by atoms with van der Waals surface area (Å²) in [4.78, 5) is 13.9. The molecule has 1 N–H and O–H groups in total. The van der Waals surface area contributed by atoms with E-state index in [4.69, 9.17) is 0 Å². The van der Waals surface area contributed by atoms with Crippen LogP contribution in [-0.2, 0) is 4.79 Å². The molecule has 0 amide bonds. The number of hydrogen-bond acceptors (Lipinski definition) is 2. The van der Waals surface area contributed by atoms with Crippen molar-refractivity contribution in [3.05, 3.63) is 0 Å². The minimum Gasteiger partial charge on any atom is -0.481 e. The largest absolute Gasteiger partial charge is 0.481 e. The first-order valence-corrected chi connectivity index (χ1v) is 7.27. The highest BCUT2D eigenvalue weighted by Crippen LogP contribution is 2.39. The Labute approximate surface area is 112 Å². The van der Waals surface area contributed by atoms with Gasteiger partial charge in [0.25, 0.3) is 0 Å². The van der Waals surface area contributed by atoms with E-state index < -0.39 is 11.4 Å². The first-order chi connectivity index (χ1) is 8.29. The van der Waals surface area contributed by atoms with E-state index in [1.165, 1.54) is 12.8 Å². The zero-order valence-corrected chi connectivity index (χ0v) is 12.6. The van der Waals surface area contributed by atoms with Gasteiger partial charge >= 0.3 is 5.97 Å². The molecule has 1 rings (SSSR count). The van der Waals surface area contributed by atoms with E-state index in [2.05, 4.69) is 25.7 Å². The van der Waals surface area contributed by atoms with E-state index in [0.717, 1.165) is 25.4 Å². The fraction of sp³-hybridized carbons (Fsp3) is 0.933. The molecular formula is C15H29NO2. The number of rotatable bonds is 6. The Kier molecular flexibility index (Phi) is 5.20. The van der Waals surface area contributed by atoms with Crippen molar-refractivity contribution >= 4 is 5.97 Å². The summed E-state index contributed by atoms with van der Waals surface area (Å²) in [7, 11) is 0. The van der Waals surface area contributed by atoms with Gasteiger partial charge in [0.15, 0.2) is 0 Å². The molecule has 18 heavy (non-hydrogen) atoms. The molecule has 0 aromatic heterocycles. The standard InChI is InChI=1S/C15H29NO2/c1-11(2)6-7-13(5)16-9-8-15(10-16,12(3)4)14(17)18/h11-13H,6-10H2,1-5H3,(H,17,18). The van der Waals surface area contributed by atoms with Crippen LogP contribution in [0.25, 0.3) is 0 Å². The van der Waals surface area contributed by atoms with Gasteiger partial charge in [-0.05, 0) is 44.6 Å². The van der Waals surface area contributed by atoms with Crippen LogP contribution < -0.4 is 0 Å². The number of carboxylic acid groups (broad SMARTS) is 1. The predicted octanol–water partition coefficient (Wildman–Crippen LogP) is 3.24. The summed E-state index contributed by atoms with van der Waals surface area (Å²) in [5, 5.41) is 9.53. The molecule has 1 saturated heterocycles. The van der Waals surface area contributed by atoms with Crippen molar-refractivity contribution in [2.24, 2.45) is 17.3 Å². The normalized spacial score (nSPS) is 27.1. The Balaban J connectivity index is 2.61. The van der Waals surface area contributed by atoms with Crippen LogP contribution in [0, 0.1) is 17.3 Å². The van der Waals surface area contributed by atoms with Crippen molar-refractivity contribution in [3.63, 3.8) is 0 Å². The van der Waals surface area contributed by atoms with Crippen LogP contribution in [0.5, 0.6) is 0 Å². The van der Waals surface area contributed by atoms with Crippen molar-refractivity contribution in [1.29, 1.82) is 0 Å². The highest BCUT2D eigenvalue weighted by atomic mass is 16.4. The SMILES string of the molecule is CC(C)CCC(C)N1CCC(C(=O)O)(C(C)C)C1. The number of nitrogens with zero attached hydrogens (tertiary/aromatic N) is 1. The quantitative estimate of drug-likeness (QED) is 0.792. The van der Waals surface area contributed by atoms with Crippen LogP contribution in [0.3, 0.4) is 0 Å². The molecule has 0 aliphatic carbocycles. The predicted molar refractivity (Wildman–Crippen MR) is 74.6 cm³/mol. The summed E-state index contributed by atoms with van der Waals surface area (Å²) in [6, 6.07) is 0.507. The summed E-state index contributed by atoms with van der Waals surface area (Å²) < 4.78 is 0. The fourth-order valence-corrected chi connectivity index (χ4v) is 2.89. The third-order valence-corrected chi connectivity index (χ3v) is 4.65. The van der Waals surface area contributed by atoms with Crippen molar-refractivity contribution in [2.75, 3.05) is 13.1 Å². The topological polar surface area (TPSA) is 40.5 Å². The maximum Gasteiger partial charge on any atom is 0.311 e. The molecule has 0 saturated carbocycles. The maximum absolute atomic E-state index is 11.6. The zero-order chi connectivity index (χ0) is 13.9. The van der Waals surface area contributed by atoms with Crippen molar-refractivity contribution in [1.82, 2.24) is 4.90 Å². The highest BCUT2D eigenvalue weighted by molar-refractivity contribution is 5.75. The fourth-order valence-electron chi connectivity index (χ4n) is 2.89. The molecule has 3 nitrogen and oxygen atoms in total. The Bertz CT molecular complexity index is 288. The van der Waals surface area contributed by atoms with E-state index >= 15 is 0 Å². The molecule has 106 valence electrons. The summed E-state index contributed by atoms with van der Waals surface area (Å²) in [6.07, 6.45) is 3.19. The second-order valence-electron chi connectivity index (χ2n) is 6.66. The number of likely N-dealkylation sites (tertiary alicyclic amines) is 1. The third kappa shape index (κ3) is 3.25. The number of carboxylic acids is 1. The first kappa shape index (κ1) is 15.5. The highest BCUT2D eigenvalue weighted by Gasteiger charge is 2.47. The number of aliphatic carboxylic acids is 1. The van der Waals surface area contributed by atoms with Gasteiger partial charge in [0.2, 0.25) is 0 Å². The van der Waals surface area contributed by atoms with E-state index in [-0.39, 0.29) is 5.92 Å². The smallest absolute Gasteiger partial charge is 0.311 e. The van der Waals surface area contributed by atoms with Crippen molar-refractivity contribution in [3.8, 4) is 0 Å². The molecule has 1 fully saturated rings. The lowest BCUT2D eigenvalue weighted by molar-refractivity contribution is -0.151. The van der Waals surface area contributed by atoms with Gasteiger partial charge in [0.1, 0.15) is 0 Å². The summed E-state index contributed by atoms with van der Waals surface area (Å²) >= 11 is 0. The van der Waals surface area contributed by atoms with Gasteiger partial charge in [-0.3, -0.25) is 9.69 Å². The van der Waals surface area contributed by atoms with Gasteiger partial charge in [-0.25, -0.2) is 0 Å². The van der Waals surface area contributed by atoms with E-state index in [0.29, 0.717) is 6.04 Å². The minimum atomic E-state index is -0.615. The number of carbonyl (C=O) groups is 1. The van der Waals surface area contributed by atoms with Gasteiger partial charge in [0, 0.05) is 12.6 Å². The molecule has 2 unspecified atom stereocenters. The summed E-state index contributed by atoms with van der Waals surface area (Å²) in [6.45, 7) is 12.5. The van der Waals surface area contributed by atoms with E-state index in [1.54, 1.807) is 0 Å². The van der Waals surface area contributed by atoms with Gasteiger partial charge < -0.3 is 5.11 Å². The Morgan fingerprint density at radius 1 is 1.22 bits per heavy atom. The average molecular weight is 255 g/mol. The van der Waals surface area contributed by atoms with Crippen LogP contribution >= 0.6 is 0 Å². The molecule has 0 aromatic carbocycles. The Morgan fingerprint density at radius 2 is 1.83 bits per heavy atom. The molecule has 0 spiro atoms. The van der Waals surface area contributed by atoms with E-state index in [9.17, 15) is 9.90 Å². The van der Waals surface area contributed by atoms with Crippen LogP contribution in [0.15, 0.2) is 0 Å². The lowest BCUT2D eigenvalue weighted by Gasteiger charge is -2.31. The summed E-state index contributed by atoms with van der Waals surface area (Å²) in [5.41, 5.74) is -0.522. The van der Waals surface area contributed by atoms with Crippen molar-refractivity contribution in [2.45, 2.75) is 59.9 Å². The second kappa shape index (κ2) is 6.05. The van der Waals surface area contributed by atoms with Gasteiger partial charge in [-0.15, -0.1) is 0 Å². The lowest BCUT2D eigenvalue weighted by Crippen LogP contribution is -2.41. The van der Waals surface area contributed by atoms with Gasteiger partial charge in [0.05, 0.1) is 5.41 Å². The van der Waals surface area contributed by atoms with E-state index in [1.807, 2.05) is 13.8 Å². The van der Waals surface area contributed by atoms with Crippen LogP contribution in [0.4, 0.5) is 0 Å². The monoisotopic (exact) mass is 255 g/mol. The second-order valence-corrected chi connectivity index (χ2v) is 6.66. The Morgan fingerprint density at radius 3 is 2.22 bits per heavy atom.